The molecule has 1 aromatic carbocycles. The Morgan fingerprint density at radius 2 is 2.11 bits per heavy atom. The quantitative estimate of drug-likeness (QED) is 0.735. The fourth-order valence-corrected chi connectivity index (χ4v) is 2.44. The number of pyridine rings is 1. The van der Waals surface area contributed by atoms with E-state index in [0.29, 0.717) is 5.56 Å². The lowest BCUT2D eigenvalue weighted by Gasteiger charge is -2.01. The number of nitrogens with one attached hydrogen (secondary N) is 1. The standard InChI is InChI=1S/C15H13N3O/c1-9-13(10-4-3-7-17-8-10)11-5-2-6-12(15(16)19)14(11)18-9/h2-8,18H,1H3,(H2,16,19). The molecule has 2 aromatic heterocycles. The van der Waals surface area contributed by atoms with Gasteiger partial charge in [0.1, 0.15) is 0 Å². The van der Waals surface area contributed by atoms with E-state index >= 15 is 0 Å². The topological polar surface area (TPSA) is 71.8 Å². The van der Waals surface area contributed by atoms with Crippen molar-refractivity contribution in [2.24, 2.45) is 5.73 Å². The van der Waals surface area contributed by atoms with Gasteiger partial charge < -0.3 is 10.7 Å². The number of amides is 1. The van der Waals surface area contributed by atoms with Crippen LogP contribution in [0.5, 0.6) is 0 Å². The number of aromatic amines is 1. The van der Waals surface area contributed by atoms with Gasteiger partial charge in [-0.1, -0.05) is 18.2 Å². The first-order valence-corrected chi connectivity index (χ1v) is 6.00. The zero-order chi connectivity index (χ0) is 13.4. The molecule has 3 N–H and O–H groups in total. The van der Waals surface area contributed by atoms with Crippen LogP contribution in [0.1, 0.15) is 16.1 Å². The summed E-state index contributed by atoms with van der Waals surface area (Å²) in [5, 5.41) is 0.988. The highest BCUT2D eigenvalue weighted by molar-refractivity contribution is 6.09. The lowest BCUT2D eigenvalue weighted by Crippen LogP contribution is -2.11. The number of aromatic nitrogens is 2. The highest BCUT2D eigenvalue weighted by Gasteiger charge is 2.14. The molecular weight excluding hydrogens is 238 g/mol. The Morgan fingerprint density at radius 3 is 2.79 bits per heavy atom. The van der Waals surface area contributed by atoms with Crippen molar-refractivity contribution in [1.82, 2.24) is 9.97 Å². The average Bonchev–Trinajstić information content (AvgIpc) is 2.75. The Morgan fingerprint density at radius 1 is 1.26 bits per heavy atom. The summed E-state index contributed by atoms with van der Waals surface area (Å²) in [7, 11) is 0. The Labute approximate surface area is 110 Å². The van der Waals surface area contributed by atoms with Gasteiger partial charge in [-0.05, 0) is 19.1 Å². The number of hydrogen-bond acceptors (Lipinski definition) is 2. The number of fused-ring (bicyclic) bond motifs is 1. The number of rotatable bonds is 2. The first kappa shape index (κ1) is 11.5. The van der Waals surface area contributed by atoms with Gasteiger partial charge >= 0.3 is 0 Å². The second kappa shape index (κ2) is 4.24. The van der Waals surface area contributed by atoms with Crippen LogP contribution in [-0.4, -0.2) is 15.9 Å². The molecule has 0 aliphatic carbocycles. The van der Waals surface area contributed by atoms with Gasteiger partial charge in [0.25, 0.3) is 5.91 Å². The maximum atomic E-state index is 11.5. The number of H-pyrrole nitrogens is 1. The van der Waals surface area contributed by atoms with Crippen molar-refractivity contribution in [3.8, 4) is 11.1 Å². The zero-order valence-electron chi connectivity index (χ0n) is 10.5. The second-order valence-corrected chi connectivity index (χ2v) is 4.46. The Hall–Kier alpha value is -2.62. The molecule has 0 aliphatic rings. The molecule has 0 spiro atoms. The third-order valence-corrected chi connectivity index (χ3v) is 3.24. The molecular formula is C15H13N3O. The molecule has 3 rings (SSSR count). The Kier molecular flexibility index (Phi) is 2.56. The van der Waals surface area contributed by atoms with Gasteiger partial charge in [-0.25, -0.2) is 0 Å². The molecule has 0 radical (unpaired) electrons. The van der Waals surface area contributed by atoms with Gasteiger partial charge in [0.2, 0.25) is 0 Å². The summed E-state index contributed by atoms with van der Waals surface area (Å²) in [6, 6.07) is 9.45. The van der Waals surface area contributed by atoms with Crippen molar-refractivity contribution in [3.63, 3.8) is 0 Å². The molecule has 2 heterocycles. The predicted molar refractivity (Wildman–Crippen MR) is 74.8 cm³/mol. The van der Waals surface area contributed by atoms with E-state index in [-0.39, 0.29) is 0 Å². The molecule has 94 valence electrons. The minimum Gasteiger partial charge on any atom is -0.366 e. The van der Waals surface area contributed by atoms with Gasteiger partial charge in [0, 0.05) is 34.6 Å². The van der Waals surface area contributed by atoms with Gasteiger partial charge in [0.15, 0.2) is 0 Å². The SMILES string of the molecule is Cc1[nH]c2c(C(N)=O)cccc2c1-c1cccnc1. The second-order valence-electron chi connectivity index (χ2n) is 4.46. The summed E-state index contributed by atoms with van der Waals surface area (Å²) in [5.74, 6) is -0.426. The minimum atomic E-state index is -0.426. The number of primary amides is 1. The number of benzene rings is 1. The summed E-state index contributed by atoms with van der Waals surface area (Å²) in [6.07, 6.45) is 3.55. The summed E-state index contributed by atoms with van der Waals surface area (Å²) >= 11 is 0. The molecule has 1 amide bonds. The van der Waals surface area contributed by atoms with E-state index in [2.05, 4.69) is 9.97 Å². The molecule has 19 heavy (non-hydrogen) atoms. The first-order chi connectivity index (χ1) is 9.18. The number of hydrogen-bond donors (Lipinski definition) is 2. The normalized spacial score (nSPS) is 10.8. The molecule has 3 aromatic rings. The highest BCUT2D eigenvalue weighted by Crippen LogP contribution is 2.32. The molecule has 0 fully saturated rings. The van der Waals surface area contributed by atoms with E-state index in [1.165, 1.54) is 0 Å². The van der Waals surface area contributed by atoms with Crippen molar-refractivity contribution in [2.75, 3.05) is 0 Å². The lowest BCUT2D eigenvalue weighted by atomic mass is 10.0. The maximum absolute atomic E-state index is 11.5. The number of nitrogens with zero attached hydrogens (tertiary/aromatic N) is 1. The van der Waals surface area contributed by atoms with Gasteiger partial charge in [-0.15, -0.1) is 0 Å². The lowest BCUT2D eigenvalue weighted by molar-refractivity contribution is 0.100. The summed E-state index contributed by atoms with van der Waals surface area (Å²) in [4.78, 5) is 18.8. The summed E-state index contributed by atoms with van der Waals surface area (Å²) in [5.41, 5.74) is 9.78. The highest BCUT2D eigenvalue weighted by atomic mass is 16.1. The number of carbonyl (C=O) groups is 1. The Bertz CT molecular complexity index is 760. The fourth-order valence-electron chi connectivity index (χ4n) is 2.44. The Balaban J connectivity index is 2.36. The van der Waals surface area contributed by atoms with E-state index < -0.39 is 5.91 Å². The van der Waals surface area contributed by atoms with E-state index in [1.54, 1.807) is 12.3 Å². The molecule has 0 atom stereocenters. The third kappa shape index (κ3) is 1.78. The number of carbonyl (C=O) groups excluding carboxylic acids is 1. The monoisotopic (exact) mass is 251 g/mol. The molecule has 0 saturated heterocycles. The van der Waals surface area contributed by atoms with Crippen molar-refractivity contribution in [1.29, 1.82) is 0 Å². The number of aryl methyl sites for hydroxylation is 1. The summed E-state index contributed by atoms with van der Waals surface area (Å²) < 4.78 is 0. The fraction of sp³-hybridized carbons (Fsp3) is 0.0667. The van der Waals surface area contributed by atoms with Crippen molar-refractivity contribution in [2.45, 2.75) is 6.92 Å². The number of nitrogens with two attached hydrogens (primary N) is 1. The molecule has 0 aliphatic heterocycles. The van der Waals surface area contributed by atoms with Crippen LogP contribution in [0.4, 0.5) is 0 Å². The predicted octanol–water partition coefficient (Wildman–Crippen LogP) is 2.64. The van der Waals surface area contributed by atoms with Crippen LogP contribution in [0.25, 0.3) is 22.0 Å². The van der Waals surface area contributed by atoms with E-state index in [4.69, 9.17) is 5.73 Å². The van der Waals surface area contributed by atoms with Crippen molar-refractivity contribution < 1.29 is 4.79 Å². The van der Waals surface area contributed by atoms with Gasteiger partial charge in [-0.2, -0.15) is 0 Å². The molecule has 4 heteroatoms. The van der Waals surface area contributed by atoms with Crippen LogP contribution in [0.15, 0.2) is 42.7 Å². The van der Waals surface area contributed by atoms with Crippen LogP contribution in [0.2, 0.25) is 0 Å². The molecule has 0 unspecified atom stereocenters. The zero-order valence-corrected chi connectivity index (χ0v) is 10.5. The third-order valence-electron chi connectivity index (χ3n) is 3.24. The van der Waals surface area contributed by atoms with Crippen LogP contribution in [-0.2, 0) is 0 Å². The van der Waals surface area contributed by atoms with Gasteiger partial charge in [-0.3, -0.25) is 9.78 Å². The number of para-hydroxylation sites is 1. The van der Waals surface area contributed by atoms with E-state index in [9.17, 15) is 4.79 Å². The minimum absolute atomic E-state index is 0.426. The maximum Gasteiger partial charge on any atom is 0.250 e. The molecule has 4 nitrogen and oxygen atoms in total. The summed E-state index contributed by atoms with van der Waals surface area (Å²) in [6.45, 7) is 1.98. The van der Waals surface area contributed by atoms with E-state index in [1.807, 2.05) is 37.4 Å². The largest absolute Gasteiger partial charge is 0.366 e. The van der Waals surface area contributed by atoms with Crippen LogP contribution in [0, 0.1) is 6.92 Å². The van der Waals surface area contributed by atoms with Crippen LogP contribution >= 0.6 is 0 Å². The van der Waals surface area contributed by atoms with Crippen molar-refractivity contribution >= 4 is 16.8 Å². The van der Waals surface area contributed by atoms with Gasteiger partial charge in [0.05, 0.1) is 11.1 Å². The van der Waals surface area contributed by atoms with Crippen LogP contribution in [0.3, 0.4) is 0 Å². The first-order valence-electron chi connectivity index (χ1n) is 6.00. The van der Waals surface area contributed by atoms with E-state index in [0.717, 1.165) is 27.7 Å². The molecule has 0 bridgehead atoms. The molecule has 0 saturated carbocycles. The van der Waals surface area contributed by atoms with Crippen LogP contribution < -0.4 is 5.73 Å². The van der Waals surface area contributed by atoms with Crippen molar-refractivity contribution in [3.05, 3.63) is 54.0 Å². The average molecular weight is 251 g/mol. The smallest absolute Gasteiger partial charge is 0.250 e.